The molecule has 0 aliphatic heterocycles. The summed E-state index contributed by atoms with van der Waals surface area (Å²) in [7, 11) is 0. The molecule has 0 amide bonds. The molecule has 1 aromatic heterocycles. The number of carbonyl (C=O) groups is 1. The fourth-order valence-electron chi connectivity index (χ4n) is 2.00. The van der Waals surface area contributed by atoms with E-state index >= 15 is 0 Å². The van der Waals surface area contributed by atoms with Gasteiger partial charge in [-0.15, -0.1) is 0 Å². The van der Waals surface area contributed by atoms with Gasteiger partial charge in [0, 0.05) is 22.7 Å². The monoisotopic (exact) mass is 246 g/mol. The summed E-state index contributed by atoms with van der Waals surface area (Å²) < 4.78 is 0. The van der Waals surface area contributed by atoms with Gasteiger partial charge in [0.05, 0.1) is 0 Å². The summed E-state index contributed by atoms with van der Waals surface area (Å²) in [5, 5.41) is 9.89. The molecule has 0 bridgehead atoms. The third-order valence-electron chi connectivity index (χ3n) is 3.18. The molecule has 0 aliphatic rings. The second-order valence-electron chi connectivity index (χ2n) is 5.57. The summed E-state index contributed by atoms with van der Waals surface area (Å²) in [6.07, 6.45) is 1.68. The third kappa shape index (κ3) is 2.11. The molecular weight excluding hydrogens is 228 g/mol. The van der Waals surface area contributed by atoms with Gasteiger partial charge in [-0.05, 0) is 23.1 Å². The van der Waals surface area contributed by atoms with Crippen LogP contribution in [0, 0.1) is 0 Å². The lowest BCUT2D eigenvalue weighted by atomic mass is 9.86. The zero-order valence-corrected chi connectivity index (χ0v) is 10.8. The molecule has 0 saturated carbocycles. The Bertz CT molecular complexity index is 593. The quantitative estimate of drug-likeness (QED) is 0.761. The van der Waals surface area contributed by atoms with Gasteiger partial charge < -0.3 is 15.8 Å². The van der Waals surface area contributed by atoms with Gasteiger partial charge in [-0.1, -0.05) is 26.8 Å². The molecule has 4 nitrogen and oxygen atoms in total. The first-order valence-electron chi connectivity index (χ1n) is 5.90. The van der Waals surface area contributed by atoms with E-state index in [2.05, 4.69) is 31.8 Å². The fourth-order valence-corrected chi connectivity index (χ4v) is 2.00. The van der Waals surface area contributed by atoms with Gasteiger partial charge in [0.25, 0.3) is 0 Å². The van der Waals surface area contributed by atoms with Gasteiger partial charge in [0.1, 0.15) is 6.04 Å². The van der Waals surface area contributed by atoms with Crippen molar-refractivity contribution < 1.29 is 9.90 Å². The minimum Gasteiger partial charge on any atom is -0.480 e. The van der Waals surface area contributed by atoms with Crippen LogP contribution in [0.3, 0.4) is 0 Å². The van der Waals surface area contributed by atoms with Crippen molar-refractivity contribution in [2.45, 2.75) is 32.2 Å². The van der Waals surface area contributed by atoms with Gasteiger partial charge >= 0.3 is 5.97 Å². The van der Waals surface area contributed by atoms with Crippen LogP contribution >= 0.6 is 0 Å². The highest BCUT2D eigenvalue weighted by molar-refractivity contribution is 5.89. The Balaban J connectivity index is 2.60. The van der Waals surface area contributed by atoms with E-state index in [0.29, 0.717) is 5.56 Å². The van der Waals surface area contributed by atoms with Gasteiger partial charge in [0.2, 0.25) is 0 Å². The van der Waals surface area contributed by atoms with E-state index in [1.165, 1.54) is 0 Å². The summed E-state index contributed by atoms with van der Waals surface area (Å²) in [4.78, 5) is 14.0. The molecule has 2 aromatic rings. The first kappa shape index (κ1) is 12.6. The van der Waals surface area contributed by atoms with Gasteiger partial charge in [-0.25, -0.2) is 0 Å². The van der Waals surface area contributed by atoms with Crippen LogP contribution in [0.25, 0.3) is 10.9 Å². The number of hydrogen-bond acceptors (Lipinski definition) is 2. The average Bonchev–Trinajstić information content (AvgIpc) is 2.69. The number of nitrogens with two attached hydrogens (primary N) is 1. The number of benzene rings is 1. The van der Waals surface area contributed by atoms with E-state index in [1.807, 2.05) is 12.1 Å². The van der Waals surface area contributed by atoms with Gasteiger partial charge in [-0.3, -0.25) is 4.79 Å². The summed E-state index contributed by atoms with van der Waals surface area (Å²) in [6, 6.07) is 5.04. The largest absolute Gasteiger partial charge is 0.480 e. The molecule has 4 heteroatoms. The van der Waals surface area contributed by atoms with Crippen LogP contribution in [-0.2, 0) is 10.2 Å². The van der Waals surface area contributed by atoms with E-state index in [0.717, 1.165) is 16.5 Å². The zero-order valence-electron chi connectivity index (χ0n) is 10.8. The van der Waals surface area contributed by atoms with Crippen molar-refractivity contribution in [1.82, 2.24) is 4.98 Å². The van der Waals surface area contributed by atoms with Crippen molar-refractivity contribution in [1.29, 1.82) is 0 Å². The second-order valence-corrected chi connectivity index (χ2v) is 5.57. The first-order chi connectivity index (χ1) is 8.30. The fraction of sp³-hybridized carbons (Fsp3) is 0.357. The number of fused-ring (bicyclic) bond motifs is 1. The van der Waals surface area contributed by atoms with E-state index < -0.39 is 12.0 Å². The minimum absolute atomic E-state index is 0.0239. The number of rotatable bonds is 2. The molecular formula is C14H18N2O2. The van der Waals surface area contributed by atoms with E-state index in [4.69, 9.17) is 10.8 Å². The first-order valence-corrected chi connectivity index (χ1v) is 5.90. The number of hydrogen-bond donors (Lipinski definition) is 3. The molecule has 18 heavy (non-hydrogen) atoms. The van der Waals surface area contributed by atoms with Crippen molar-refractivity contribution in [2.75, 3.05) is 0 Å². The van der Waals surface area contributed by atoms with Crippen LogP contribution in [0.2, 0.25) is 0 Å². The summed E-state index contributed by atoms with van der Waals surface area (Å²) in [5.41, 5.74) is 8.41. The number of aliphatic carboxylic acids is 1. The Morgan fingerprint density at radius 2 is 2.06 bits per heavy atom. The maximum absolute atomic E-state index is 11.0. The van der Waals surface area contributed by atoms with Crippen molar-refractivity contribution in [2.24, 2.45) is 5.73 Å². The summed E-state index contributed by atoms with van der Waals surface area (Å²) in [6.45, 7) is 6.37. The van der Waals surface area contributed by atoms with Gasteiger partial charge in [0.15, 0.2) is 0 Å². The standard InChI is InChI=1S/C14H18N2O2/c1-14(2,3)8-4-5-11-9(6-8)10(7-16-11)12(15)13(17)18/h4-7,12,16H,15H2,1-3H3,(H,17,18). The molecule has 0 aliphatic carbocycles. The smallest absolute Gasteiger partial charge is 0.325 e. The van der Waals surface area contributed by atoms with Crippen LogP contribution in [0.15, 0.2) is 24.4 Å². The highest BCUT2D eigenvalue weighted by Gasteiger charge is 2.20. The average molecular weight is 246 g/mol. The molecule has 2 rings (SSSR count). The van der Waals surface area contributed by atoms with E-state index in [-0.39, 0.29) is 5.41 Å². The molecule has 1 heterocycles. The lowest BCUT2D eigenvalue weighted by Crippen LogP contribution is -2.20. The number of carboxylic acids is 1. The summed E-state index contributed by atoms with van der Waals surface area (Å²) in [5.74, 6) is -1.02. The Morgan fingerprint density at radius 3 is 2.61 bits per heavy atom. The van der Waals surface area contributed by atoms with E-state index in [1.54, 1.807) is 6.20 Å². The molecule has 1 atom stereocenters. The molecule has 1 unspecified atom stereocenters. The van der Waals surface area contributed by atoms with Crippen LogP contribution in [0.4, 0.5) is 0 Å². The Morgan fingerprint density at radius 1 is 1.39 bits per heavy atom. The second kappa shape index (κ2) is 4.14. The van der Waals surface area contributed by atoms with Crippen LogP contribution in [0.1, 0.15) is 37.9 Å². The predicted octanol–water partition coefficient (Wildman–Crippen LogP) is 2.55. The topological polar surface area (TPSA) is 79.1 Å². The lowest BCUT2D eigenvalue weighted by Gasteiger charge is -2.19. The number of nitrogens with one attached hydrogen (secondary N) is 1. The zero-order chi connectivity index (χ0) is 13.5. The molecule has 4 N–H and O–H groups in total. The lowest BCUT2D eigenvalue weighted by molar-refractivity contribution is -0.138. The maximum Gasteiger partial charge on any atom is 0.325 e. The van der Waals surface area contributed by atoms with Crippen molar-refractivity contribution in [3.63, 3.8) is 0 Å². The van der Waals surface area contributed by atoms with E-state index in [9.17, 15) is 4.79 Å². The summed E-state index contributed by atoms with van der Waals surface area (Å²) >= 11 is 0. The van der Waals surface area contributed by atoms with Crippen LogP contribution in [-0.4, -0.2) is 16.1 Å². The minimum atomic E-state index is -1.02. The van der Waals surface area contributed by atoms with Crippen molar-refractivity contribution >= 4 is 16.9 Å². The molecule has 0 radical (unpaired) electrons. The number of H-pyrrole nitrogens is 1. The number of aromatic amines is 1. The normalized spacial score (nSPS) is 13.8. The predicted molar refractivity (Wildman–Crippen MR) is 71.6 cm³/mol. The van der Waals surface area contributed by atoms with Crippen molar-refractivity contribution in [3.8, 4) is 0 Å². The molecule has 1 aromatic carbocycles. The Labute approximate surface area is 106 Å². The highest BCUT2D eigenvalue weighted by Crippen LogP contribution is 2.29. The number of aromatic nitrogens is 1. The molecule has 0 fully saturated rings. The van der Waals surface area contributed by atoms with Crippen LogP contribution in [0.5, 0.6) is 0 Å². The van der Waals surface area contributed by atoms with Crippen LogP contribution < -0.4 is 5.73 Å². The van der Waals surface area contributed by atoms with Crippen molar-refractivity contribution in [3.05, 3.63) is 35.5 Å². The molecule has 0 spiro atoms. The molecule has 96 valence electrons. The SMILES string of the molecule is CC(C)(C)c1ccc2[nH]cc(C(N)C(=O)O)c2c1. The Hall–Kier alpha value is -1.81. The molecule has 0 saturated heterocycles. The Kier molecular flexibility index (Phi) is 2.91. The highest BCUT2D eigenvalue weighted by atomic mass is 16.4. The third-order valence-corrected chi connectivity index (χ3v) is 3.18. The maximum atomic E-state index is 11.0. The number of carboxylic acid groups (broad SMARTS) is 1. The van der Waals surface area contributed by atoms with Gasteiger partial charge in [-0.2, -0.15) is 0 Å².